The van der Waals surface area contributed by atoms with Gasteiger partial charge in [0.25, 0.3) is 0 Å². The molecule has 1 saturated heterocycles. The topological polar surface area (TPSA) is 220 Å². The average Bonchev–Trinajstić information content (AvgIpc) is 3.41. The van der Waals surface area contributed by atoms with Gasteiger partial charge in [-0.1, -0.05) is 0 Å². The number of rotatable bonds is 4. The fourth-order valence-electron chi connectivity index (χ4n) is 3.34. The van der Waals surface area contributed by atoms with E-state index >= 15 is 0 Å². The van der Waals surface area contributed by atoms with Gasteiger partial charge in [-0.3, -0.25) is 4.57 Å². The van der Waals surface area contributed by atoms with E-state index < -0.39 is 23.9 Å². The van der Waals surface area contributed by atoms with Crippen LogP contribution in [0.25, 0.3) is 11.2 Å². The van der Waals surface area contributed by atoms with Gasteiger partial charge >= 0.3 is 0 Å². The van der Waals surface area contributed by atoms with Crippen LogP contribution in [0, 0.1) is 0 Å². The lowest BCUT2D eigenvalue weighted by molar-refractivity contribution is -0.345. The lowest BCUT2D eigenvalue weighted by Gasteiger charge is -2.18. The van der Waals surface area contributed by atoms with Gasteiger partial charge in [0.2, 0.25) is 5.95 Å². The zero-order chi connectivity index (χ0) is 26.7. The van der Waals surface area contributed by atoms with Gasteiger partial charge in [0.05, 0.1) is 36.7 Å². The van der Waals surface area contributed by atoms with Crippen LogP contribution in [-0.2, 0) is 25.7 Å². The van der Waals surface area contributed by atoms with Crippen LogP contribution in [0.3, 0.4) is 0 Å². The number of carbonyl (C=O) groups is 4. The third kappa shape index (κ3) is 8.72. The summed E-state index contributed by atoms with van der Waals surface area (Å²) >= 11 is 0. The number of anilines is 1. The van der Waals surface area contributed by atoms with Crippen LogP contribution in [0.5, 0.6) is 0 Å². The number of nitrogens with one attached hydrogen (secondary N) is 1. The Balaban J connectivity index is 0.000000319. The largest absolute Gasteiger partial charge is 0.543 e. The molecule has 0 spiro atoms. The molecule has 3 aromatic rings. The Morgan fingerprint density at radius 3 is 2.25 bits per heavy atom. The molecule has 4 rings (SSSR count). The van der Waals surface area contributed by atoms with Gasteiger partial charge in [-0.15, -0.1) is 0 Å². The minimum absolute atomic E-state index is 0.446. The van der Waals surface area contributed by atoms with Gasteiger partial charge < -0.3 is 54.2 Å². The standard InChI is InChI=1S/C18H23N5O.2C2H2O4/c1-22-10-3-5-14(8-11-22)20-18-21-16-7-2-9-19-17(16)23(18)13-15-6-4-12-24-15;2*3-1(4)2(5)6/h2,4,6-7,9,12,14H,3,5,8,10-11,13H2,1H3,(H,20,21);2*(H,3,4)(H,5,6)/p-4. The fourth-order valence-corrected chi connectivity index (χ4v) is 3.34. The Bertz CT molecular complexity index is 1130. The number of imidazole rings is 1. The predicted molar refractivity (Wildman–Crippen MR) is 114 cm³/mol. The summed E-state index contributed by atoms with van der Waals surface area (Å²) in [5.74, 6) is -6.95. The quantitative estimate of drug-likeness (QED) is 0.337. The molecule has 14 nitrogen and oxygen atoms in total. The van der Waals surface area contributed by atoms with Crippen LogP contribution in [0.2, 0.25) is 0 Å². The molecule has 1 aliphatic heterocycles. The number of hydrogen-bond acceptors (Lipinski definition) is 13. The highest BCUT2D eigenvalue weighted by molar-refractivity contribution is 6.25. The number of aromatic nitrogens is 3. The summed E-state index contributed by atoms with van der Waals surface area (Å²) in [5.41, 5.74) is 1.81. The van der Waals surface area contributed by atoms with Crippen molar-refractivity contribution in [3.63, 3.8) is 0 Å². The van der Waals surface area contributed by atoms with Crippen molar-refractivity contribution in [1.82, 2.24) is 19.4 Å². The highest BCUT2D eigenvalue weighted by Crippen LogP contribution is 2.22. The van der Waals surface area contributed by atoms with Crippen molar-refractivity contribution in [3.05, 3.63) is 42.5 Å². The number of aliphatic carboxylic acids is 4. The molecule has 1 unspecified atom stereocenters. The molecule has 0 aromatic carbocycles. The molecule has 0 bridgehead atoms. The van der Waals surface area contributed by atoms with Gasteiger partial charge in [0, 0.05) is 12.2 Å². The summed E-state index contributed by atoms with van der Waals surface area (Å²) in [4.78, 5) is 47.4. The second kappa shape index (κ2) is 13.4. The molecule has 4 heterocycles. The molecular formula is C22H23N5O9-4. The number of fused-ring (bicyclic) bond motifs is 1. The summed E-state index contributed by atoms with van der Waals surface area (Å²) in [6.45, 7) is 2.92. The molecule has 1 atom stereocenters. The number of pyridine rings is 1. The molecule has 0 saturated carbocycles. The van der Waals surface area contributed by atoms with Gasteiger partial charge in [0.15, 0.2) is 5.65 Å². The van der Waals surface area contributed by atoms with Crippen LogP contribution in [-0.4, -0.2) is 69.5 Å². The Morgan fingerprint density at radius 1 is 1.00 bits per heavy atom. The van der Waals surface area contributed by atoms with Crippen molar-refractivity contribution >= 4 is 41.0 Å². The Labute approximate surface area is 204 Å². The number of nitrogens with zero attached hydrogens (tertiary/aromatic N) is 4. The monoisotopic (exact) mass is 501 g/mol. The zero-order valence-electron chi connectivity index (χ0n) is 19.2. The summed E-state index contributed by atoms with van der Waals surface area (Å²) in [6.07, 6.45) is 7.03. The summed E-state index contributed by atoms with van der Waals surface area (Å²) in [6, 6.07) is 8.28. The Hall–Kier alpha value is -4.46. The van der Waals surface area contributed by atoms with Gasteiger partial charge in [-0.2, -0.15) is 0 Å². The number of hydrogen-bond donors (Lipinski definition) is 1. The second-order valence-corrected chi connectivity index (χ2v) is 7.67. The van der Waals surface area contributed by atoms with Gasteiger partial charge in [0.1, 0.15) is 11.3 Å². The number of carbonyl (C=O) groups excluding carboxylic acids is 4. The molecule has 0 aliphatic carbocycles. The molecule has 194 valence electrons. The summed E-state index contributed by atoms with van der Waals surface area (Å²) < 4.78 is 7.64. The minimum Gasteiger partial charge on any atom is -0.543 e. The molecule has 1 N–H and O–H groups in total. The van der Waals surface area contributed by atoms with Crippen LogP contribution < -0.4 is 25.7 Å². The third-order valence-electron chi connectivity index (χ3n) is 5.02. The first kappa shape index (κ1) is 27.8. The maximum Gasteiger partial charge on any atom is 0.205 e. The maximum absolute atomic E-state index is 8.93. The van der Waals surface area contributed by atoms with E-state index in [1.54, 1.807) is 6.26 Å². The van der Waals surface area contributed by atoms with Crippen molar-refractivity contribution in [3.8, 4) is 0 Å². The van der Waals surface area contributed by atoms with E-state index in [0.717, 1.165) is 35.8 Å². The SMILES string of the molecule is CN1CCCC(Nc2nc3cccnc3n2Cc2ccco2)CC1.O=C([O-])C(=O)[O-].O=C([O-])C(=O)[O-]. The maximum atomic E-state index is 8.93. The van der Waals surface area contributed by atoms with E-state index in [2.05, 4.69) is 26.8 Å². The third-order valence-corrected chi connectivity index (χ3v) is 5.02. The van der Waals surface area contributed by atoms with Gasteiger partial charge in [-0.25, -0.2) is 9.97 Å². The highest BCUT2D eigenvalue weighted by Gasteiger charge is 2.19. The molecule has 36 heavy (non-hydrogen) atoms. The summed E-state index contributed by atoms with van der Waals surface area (Å²) in [7, 11) is 2.19. The van der Waals surface area contributed by atoms with E-state index in [1.165, 1.54) is 19.4 Å². The normalized spacial score (nSPS) is 15.4. The van der Waals surface area contributed by atoms with Crippen molar-refractivity contribution in [2.24, 2.45) is 0 Å². The van der Waals surface area contributed by atoms with Crippen molar-refractivity contribution in [2.75, 3.05) is 25.5 Å². The van der Waals surface area contributed by atoms with E-state index in [4.69, 9.17) is 49.0 Å². The molecule has 14 heteroatoms. The van der Waals surface area contributed by atoms with Gasteiger partial charge in [-0.05, 0) is 63.7 Å². The minimum atomic E-state index is -2.19. The first-order chi connectivity index (χ1) is 17.1. The lowest BCUT2D eigenvalue weighted by atomic mass is 10.1. The highest BCUT2D eigenvalue weighted by atomic mass is 16.4. The molecule has 0 amide bonds. The molecule has 0 radical (unpaired) electrons. The van der Waals surface area contributed by atoms with E-state index in [-0.39, 0.29) is 0 Å². The Kier molecular flexibility index (Phi) is 10.4. The van der Waals surface area contributed by atoms with E-state index in [0.29, 0.717) is 12.6 Å². The van der Waals surface area contributed by atoms with Crippen LogP contribution in [0.15, 0.2) is 41.1 Å². The van der Waals surface area contributed by atoms with Crippen LogP contribution in [0.1, 0.15) is 25.0 Å². The summed E-state index contributed by atoms with van der Waals surface area (Å²) in [5, 5.41) is 39.4. The zero-order valence-corrected chi connectivity index (χ0v) is 19.2. The molecule has 3 aromatic heterocycles. The van der Waals surface area contributed by atoms with Crippen LogP contribution >= 0.6 is 0 Å². The van der Waals surface area contributed by atoms with Crippen molar-refractivity contribution in [2.45, 2.75) is 31.8 Å². The average molecular weight is 501 g/mol. The number of furan rings is 1. The fraction of sp³-hybridized carbons (Fsp3) is 0.364. The number of carboxylic acid groups (broad SMARTS) is 4. The molecule has 1 aliphatic rings. The molecule has 1 fully saturated rings. The van der Waals surface area contributed by atoms with E-state index in [9.17, 15) is 0 Å². The smallest absolute Gasteiger partial charge is 0.205 e. The number of likely N-dealkylation sites (tertiary alicyclic amines) is 1. The second-order valence-electron chi connectivity index (χ2n) is 7.67. The molecular weight excluding hydrogens is 478 g/mol. The van der Waals surface area contributed by atoms with Crippen molar-refractivity contribution < 1.29 is 44.0 Å². The van der Waals surface area contributed by atoms with E-state index in [1.807, 2.05) is 30.5 Å². The Morgan fingerprint density at radius 2 is 1.67 bits per heavy atom. The van der Waals surface area contributed by atoms with Crippen LogP contribution in [0.4, 0.5) is 5.95 Å². The lowest BCUT2D eigenvalue weighted by Crippen LogP contribution is -2.42. The number of carboxylic acids is 4. The predicted octanol–water partition coefficient (Wildman–Crippen LogP) is -4.06. The first-order valence-corrected chi connectivity index (χ1v) is 10.7. The first-order valence-electron chi connectivity index (χ1n) is 10.7. The van der Waals surface area contributed by atoms with Crippen molar-refractivity contribution in [1.29, 1.82) is 0 Å².